The second-order valence-corrected chi connectivity index (χ2v) is 6.35. The van der Waals surface area contributed by atoms with Crippen molar-refractivity contribution in [3.8, 4) is 0 Å². The van der Waals surface area contributed by atoms with E-state index in [-0.39, 0.29) is 0 Å². The van der Waals surface area contributed by atoms with Crippen LogP contribution in [0.3, 0.4) is 0 Å². The third-order valence-corrected chi connectivity index (χ3v) is 4.70. The van der Waals surface area contributed by atoms with Crippen molar-refractivity contribution in [1.29, 1.82) is 0 Å². The van der Waals surface area contributed by atoms with E-state index in [0.717, 1.165) is 39.6 Å². The predicted octanol–water partition coefficient (Wildman–Crippen LogP) is 4.71. The Hall–Kier alpha value is -2.46. The highest BCUT2D eigenvalue weighted by Gasteiger charge is 2.11. The zero-order valence-corrected chi connectivity index (χ0v) is 13.3. The van der Waals surface area contributed by atoms with Gasteiger partial charge in [0.2, 0.25) is 0 Å². The van der Waals surface area contributed by atoms with E-state index >= 15 is 0 Å². The lowest BCUT2D eigenvalue weighted by Gasteiger charge is -2.02. The van der Waals surface area contributed by atoms with Crippen molar-refractivity contribution in [1.82, 2.24) is 9.97 Å². The summed E-state index contributed by atoms with van der Waals surface area (Å²) in [6.45, 7) is 0. The molecule has 3 nitrogen and oxygen atoms in total. The molecule has 1 aliphatic heterocycles. The molecule has 0 N–H and O–H groups in total. The zero-order valence-electron chi connectivity index (χ0n) is 12.5. The van der Waals surface area contributed by atoms with Gasteiger partial charge in [-0.1, -0.05) is 48.5 Å². The van der Waals surface area contributed by atoms with E-state index in [4.69, 9.17) is 4.99 Å². The Balaban J connectivity index is 1.45. The van der Waals surface area contributed by atoms with Crippen molar-refractivity contribution in [2.45, 2.75) is 12.2 Å². The van der Waals surface area contributed by atoms with E-state index in [1.165, 1.54) is 5.56 Å². The second-order valence-electron chi connectivity index (χ2n) is 5.30. The Morgan fingerprint density at radius 3 is 2.57 bits per heavy atom. The van der Waals surface area contributed by atoms with Gasteiger partial charge in [-0.15, -0.1) is 11.8 Å². The molecule has 0 spiro atoms. The Labute approximate surface area is 139 Å². The van der Waals surface area contributed by atoms with Crippen LogP contribution in [0, 0.1) is 0 Å². The molecule has 112 valence electrons. The summed E-state index contributed by atoms with van der Waals surface area (Å²) in [5, 5.41) is 1.14. The molecule has 0 atom stereocenters. The van der Waals surface area contributed by atoms with Crippen LogP contribution < -0.4 is 0 Å². The molecule has 0 aliphatic carbocycles. The normalized spacial score (nSPS) is 13.9. The Morgan fingerprint density at radius 2 is 1.70 bits per heavy atom. The van der Waals surface area contributed by atoms with Gasteiger partial charge in [0.05, 0.1) is 27.5 Å². The zero-order chi connectivity index (χ0) is 15.5. The lowest BCUT2D eigenvalue weighted by molar-refractivity contribution is 1.16. The highest BCUT2D eigenvalue weighted by Crippen LogP contribution is 2.27. The van der Waals surface area contributed by atoms with Crippen LogP contribution in [0.1, 0.15) is 17.7 Å². The van der Waals surface area contributed by atoms with Gasteiger partial charge in [0.15, 0.2) is 0 Å². The number of fused-ring (bicyclic) bond motifs is 1. The highest BCUT2D eigenvalue weighted by molar-refractivity contribution is 8.13. The molecule has 0 radical (unpaired) electrons. The number of para-hydroxylation sites is 2. The third kappa shape index (κ3) is 3.17. The van der Waals surface area contributed by atoms with Gasteiger partial charge in [-0.2, -0.15) is 0 Å². The molecule has 1 aromatic heterocycles. The number of thioether (sulfide) groups is 1. The summed E-state index contributed by atoms with van der Waals surface area (Å²) in [5.74, 6) is 0.798. The van der Waals surface area contributed by atoms with Crippen molar-refractivity contribution in [3.05, 3.63) is 78.1 Å². The van der Waals surface area contributed by atoms with Crippen LogP contribution in [0.4, 0.5) is 0 Å². The molecule has 4 heteroatoms. The van der Waals surface area contributed by atoms with E-state index < -0.39 is 0 Å². The van der Waals surface area contributed by atoms with Crippen LogP contribution in [0.5, 0.6) is 0 Å². The van der Waals surface area contributed by atoms with Crippen molar-refractivity contribution in [2.24, 2.45) is 4.99 Å². The molecule has 3 aromatic rings. The average molecular weight is 317 g/mol. The van der Waals surface area contributed by atoms with Crippen LogP contribution in [0.25, 0.3) is 16.7 Å². The number of hydrogen-bond acceptors (Lipinski definition) is 4. The van der Waals surface area contributed by atoms with E-state index in [9.17, 15) is 0 Å². The number of benzene rings is 2. The fraction of sp³-hybridized carbons (Fsp3) is 0.105. The fourth-order valence-electron chi connectivity index (χ4n) is 2.51. The predicted molar refractivity (Wildman–Crippen MR) is 97.3 cm³/mol. The van der Waals surface area contributed by atoms with Gasteiger partial charge in [-0.25, -0.2) is 9.98 Å². The van der Waals surface area contributed by atoms with Crippen molar-refractivity contribution in [3.63, 3.8) is 0 Å². The number of aromatic nitrogens is 2. The third-order valence-electron chi connectivity index (χ3n) is 3.67. The van der Waals surface area contributed by atoms with Gasteiger partial charge < -0.3 is 0 Å². The SMILES string of the molecule is C1=C(c2ccccc2)N=C(SCc2cnc3ccccc3n2)C1. The Kier molecular flexibility index (Phi) is 3.90. The Bertz CT molecular complexity index is 901. The molecule has 4 rings (SSSR count). The first-order valence-electron chi connectivity index (χ1n) is 7.55. The maximum Gasteiger partial charge on any atom is 0.0890 e. The molecule has 0 bridgehead atoms. The summed E-state index contributed by atoms with van der Waals surface area (Å²) in [6, 6.07) is 18.3. The van der Waals surface area contributed by atoms with Gasteiger partial charge in [0.25, 0.3) is 0 Å². The smallest absolute Gasteiger partial charge is 0.0890 e. The number of rotatable bonds is 3. The molecule has 2 aromatic carbocycles. The van der Waals surface area contributed by atoms with Crippen LogP contribution in [-0.2, 0) is 5.75 Å². The standard InChI is InChI=1S/C19H15N3S/c1-2-6-14(7-3-1)16-10-11-19(22-16)23-13-15-12-20-17-8-4-5-9-18(17)21-15/h1-10,12H,11,13H2. The summed E-state index contributed by atoms with van der Waals surface area (Å²) in [6.07, 6.45) is 4.94. The van der Waals surface area contributed by atoms with Gasteiger partial charge in [0.1, 0.15) is 0 Å². The molecule has 2 heterocycles. The van der Waals surface area contributed by atoms with Crippen LogP contribution in [-0.4, -0.2) is 15.0 Å². The molecule has 0 saturated heterocycles. The minimum atomic E-state index is 0.798. The van der Waals surface area contributed by atoms with E-state index in [1.807, 2.05) is 48.7 Å². The average Bonchev–Trinajstić information content (AvgIpc) is 3.10. The van der Waals surface area contributed by atoms with Crippen molar-refractivity contribution >= 4 is 33.5 Å². The van der Waals surface area contributed by atoms with Crippen LogP contribution in [0.15, 0.2) is 71.9 Å². The van der Waals surface area contributed by atoms with Gasteiger partial charge in [-0.3, -0.25) is 4.98 Å². The molecule has 0 saturated carbocycles. The molecular formula is C19H15N3S. The fourth-order valence-corrected chi connectivity index (χ4v) is 3.33. The monoisotopic (exact) mass is 317 g/mol. The number of aliphatic imine (C=N–C) groups is 1. The summed E-state index contributed by atoms with van der Waals surface area (Å²) < 4.78 is 0. The largest absolute Gasteiger partial charge is 0.253 e. The quantitative estimate of drug-likeness (QED) is 0.702. The summed E-state index contributed by atoms with van der Waals surface area (Å²) >= 11 is 1.74. The lowest BCUT2D eigenvalue weighted by Crippen LogP contribution is -1.94. The minimum absolute atomic E-state index is 0.798. The molecule has 0 unspecified atom stereocenters. The molecule has 0 amide bonds. The minimum Gasteiger partial charge on any atom is -0.253 e. The summed E-state index contributed by atoms with van der Waals surface area (Å²) in [7, 11) is 0. The van der Waals surface area contributed by atoms with Crippen molar-refractivity contribution in [2.75, 3.05) is 0 Å². The summed E-state index contributed by atoms with van der Waals surface area (Å²) in [5.41, 5.74) is 5.12. The van der Waals surface area contributed by atoms with Crippen LogP contribution in [0.2, 0.25) is 0 Å². The van der Waals surface area contributed by atoms with E-state index in [2.05, 4.69) is 28.2 Å². The molecule has 1 aliphatic rings. The van der Waals surface area contributed by atoms with Gasteiger partial charge in [0, 0.05) is 18.4 Å². The topological polar surface area (TPSA) is 38.1 Å². The molecular weight excluding hydrogens is 302 g/mol. The van der Waals surface area contributed by atoms with E-state index in [1.54, 1.807) is 11.8 Å². The lowest BCUT2D eigenvalue weighted by atomic mass is 10.1. The first-order valence-corrected chi connectivity index (χ1v) is 8.54. The first kappa shape index (κ1) is 14.2. The van der Waals surface area contributed by atoms with Gasteiger partial charge >= 0.3 is 0 Å². The molecule has 0 fully saturated rings. The summed E-state index contributed by atoms with van der Waals surface area (Å²) in [4.78, 5) is 13.8. The number of allylic oxidation sites excluding steroid dienone is 1. The maximum atomic E-state index is 4.73. The van der Waals surface area contributed by atoms with E-state index in [0.29, 0.717) is 0 Å². The second kappa shape index (κ2) is 6.34. The Morgan fingerprint density at radius 1 is 0.913 bits per heavy atom. The maximum absolute atomic E-state index is 4.73. The highest BCUT2D eigenvalue weighted by atomic mass is 32.2. The first-order chi connectivity index (χ1) is 11.4. The van der Waals surface area contributed by atoms with Crippen molar-refractivity contribution < 1.29 is 0 Å². The van der Waals surface area contributed by atoms with Crippen LogP contribution >= 0.6 is 11.8 Å². The van der Waals surface area contributed by atoms with Gasteiger partial charge in [-0.05, 0) is 17.7 Å². The number of nitrogens with zero attached hydrogens (tertiary/aromatic N) is 3. The number of hydrogen-bond donors (Lipinski definition) is 0. The molecule has 23 heavy (non-hydrogen) atoms.